The SMILES string of the molecule is CC(C)C[C@@H](N)C(=O)OC1C(O)C(CO)OC1n1cnc2c(N)ncnc21. The number of esters is 1. The topological polar surface area (TPSA) is 172 Å². The van der Waals surface area contributed by atoms with Crippen LogP contribution in [0, 0.1) is 5.92 Å². The van der Waals surface area contributed by atoms with Crippen LogP contribution in [0.1, 0.15) is 26.5 Å². The number of aromatic nitrogens is 4. The number of rotatable bonds is 6. The van der Waals surface area contributed by atoms with Crippen LogP contribution >= 0.6 is 0 Å². The summed E-state index contributed by atoms with van der Waals surface area (Å²) in [5.41, 5.74) is 12.4. The molecule has 11 nitrogen and oxygen atoms in total. The number of fused-ring (bicyclic) bond motifs is 1. The number of ether oxygens (including phenoxy) is 2. The average Bonchev–Trinajstić information content (AvgIpc) is 3.17. The first kappa shape index (κ1) is 19.4. The number of nitrogens with zero attached hydrogens (tertiary/aromatic N) is 4. The van der Waals surface area contributed by atoms with E-state index < -0.39 is 43.2 Å². The predicted molar refractivity (Wildman–Crippen MR) is 94.0 cm³/mol. The summed E-state index contributed by atoms with van der Waals surface area (Å²) in [5, 5.41) is 19.9. The Hall–Kier alpha value is -2.34. The van der Waals surface area contributed by atoms with Crippen molar-refractivity contribution in [2.24, 2.45) is 11.7 Å². The second kappa shape index (κ2) is 7.72. The Labute approximate surface area is 155 Å². The zero-order valence-corrected chi connectivity index (χ0v) is 15.1. The van der Waals surface area contributed by atoms with Gasteiger partial charge in [-0.05, 0) is 12.3 Å². The van der Waals surface area contributed by atoms with Crippen molar-refractivity contribution in [3.8, 4) is 0 Å². The first-order chi connectivity index (χ1) is 12.8. The van der Waals surface area contributed by atoms with Crippen LogP contribution in [0.25, 0.3) is 11.2 Å². The molecule has 0 aromatic carbocycles. The molecule has 2 aromatic heterocycles. The van der Waals surface area contributed by atoms with E-state index in [0.29, 0.717) is 17.6 Å². The standard InChI is InChI=1S/C16H24N6O5/c1-7(2)3-8(17)16(25)27-12-11(24)9(4-23)26-15(12)22-6-21-10-13(18)19-5-20-14(10)22/h5-9,11-12,15,23-24H,3-4,17H2,1-2H3,(H2,18,19,20)/t8-,9?,11?,12?,15?/m1/s1. The van der Waals surface area contributed by atoms with Crippen LogP contribution in [-0.2, 0) is 14.3 Å². The smallest absolute Gasteiger partial charge is 0.323 e. The van der Waals surface area contributed by atoms with E-state index in [1.165, 1.54) is 17.2 Å². The van der Waals surface area contributed by atoms with Crippen molar-refractivity contribution in [2.45, 2.75) is 50.8 Å². The molecule has 2 aromatic rings. The van der Waals surface area contributed by atoms with Crippen LogP contribution in [-0.4, -0.2) is 66.7 Å². The highest BCUT2D eigenvalue weighted by Crippen LogP contribution is 2.34. The molecule has 0 aliphatic carbocycles. The van der Waals surface area contributed by atoms with E-state index in [9.17, 15) is 15.0 Å². The van der Waals surface area contributed by atoms with Gasteiger partial charge in [0.1, 0.15) is 30.1 Å². The van der Waals surface area contributed by atoms with Gasteiger partial charge in [0, 0.05) is 0 Å². The lowest BCUT2D eigenvalue weighted by Gasteiger charge is -2.24. The van der Waals surface area contributed by atoms with Gasteiger partial charge in [-0.3, -0.25) is 9.36 Å². The zero-order chi connectivity index (χ0) is 19.7. The minimum atomic E-state index is -1.24. The lowest BCUT2D eigenvalue weighted by molar-refractivity contribution is -0.160. The van der Waals surface area contributed by atoms with E-state index in [4.69, 9.17) is 20.9 Å². The van der Waals surface area contributed by atoms with Gasteiger partial charge in [-0.15, -0.1) is 0 Å². The van der Waals surface area contributed by atoms with E-state index in [2.05, 4.69) is 15.0 Å². The lowest BCUT2D eigenvalue weighted by atomic mass is 10.0. The third kappa shape index (κ3) is 3.72. The van der Waals surface area contributed by atoms with Crippen molar-refractivity contribution in [3.63, 3.8) is 0 Å². The Morgan fingerprint density at radius 3 is 2.81 bits per heavy atom. The summed E-state index contributed by atoms with van der Waals surface area (Å²) in [4.78, 5) is 24.5. The van der Waals surface area contributed by atoms with Crippen molar-refractivity contribution in [2.75, 3.05) is 12.3 Å². The van der Waals surface area contributed by atoms with E-state index in [-0.39, 0.29) is 11.7 Å². The Morgan fingerprint density at radius 2 is 2.15 bits per heavy atom. The van der Waals surface area contributed by atoms with Gasteiger partial charge in [0.05, 0.1) is 12.9 Å². The number of aliphatic hydroxyl groups excluding tert-OH is 2. The number of nitrogen functional groups attached to an aromatic ring is 1. The van der Waals surface area contributed by atoms with Gasteiger partial charge in [-0.1, -0.05) is 13.8 Å². The number of carbonyl (C=O) groups is 1. The molecule has 0 amide bonds. The molecule has 1 saturated heterocycles. The molecule has 4 unspecified atom stereocenters. The quantitative estimate of drug-likeness (QED) is 0.453. The first-order valence-electron chi connectivity index (χ1n) is 8.67. The van der Waals surface area contributed by atoms with Crippen LogP contribution in [0.4, 0.5) is 5.82 Å². The highest BCUT2D eigenvalue weighted by atomic mass is 16.6. The summed E-state index contributed by atoms with van der Waals surface area (Å²) in [6.45, 7) is 3.42. The van der Waals surface area contributed by atoms with Gasteiger partial charge in [0.25, 0.3) is 0 Å². The zero-order valence-electron chi connectivity index (χ0n) is 15.1. The number of aliphatic hydroxyl groups is 2. The van der Waals surface area contributed by atoms with Gasteiger partial charge in [0.15, 0.2) is 23.8 Å². The number of carbonyl (C=O) groups excluding carboxylic acids is 1. The normalized spacial score (nSPS) is 26.6. The van der Waals surface area contributed by atoms with Gasteiger partial charge in [0.2, 0.25) is 0 Å². The average molecular weight is 380 g/mol. The summed E-state index contributed by atoms with van der Waals surface area (Å²) in [7, 11) is 0. The van der Waals surface area contributed by atoms with Crippen LogP contribution in [0.2, 0.25) is 0 Å². The minimum absolute atomic E-state index is 0.184. The monoisotopic (exact) mass is 380 g/mol. The summed E-state index contributed by atoms with van der Waals surface area (Å²) in [6, 6.07) is -0.830. The number of nitrogens with two attached hydrogens (primary N) is 2. The fourth-order valence-electron chi connectivity index (χ4n) is 3.10. The summed E-state index contributed by atoms with van der Waals surface area (Å²) in [5.74, 6) is -0.266. The number of anilines is 1. The maximum atomic E-state index is 12.4. The highest BCUT2D eigenvalue weighted by molar-refractivity contribution is 5.81. The predicted octanol–water partition coefficient (Wildman–Crippen LogP) is -1.06. The second-order valence-corrected chi connectivity index (χ2v) is 6.96. The maximum absolute atomic E-state index is 12.4. The molecule has 0 bridgehead atoms. The number of hydrogen-bond acceptors (Lipinski definition) is 10. The first-order valence-corrected chi connectivity index (χ1v) is 8.67. The molecule has 27 heavy (non-hydrogen) atoms. The molecule has 1 fully saturated rings. The molecule has 0 spiro atoms. The number of hydrogen-bond donors (Lipinski definition) is 4. The van der Waals surface area contributed by atoms with Gasteiger partial charge in [-0.2, -0.15) is 0 Å². The largest absolute Gasteiger partial charge is 0.453 e. The molecule has 5 atom stereocenters. The maximum Gasteiger partial charge on any atom is 0.323 e. The highest BCUT2D eigenvalue weighted by Gasteiger charge is 2.48. The van der Waals surface area contributed by atoms with E-state index in [1.807, 2.05) is 13.8 Å². The van der Waals surface area contributed by atoms with Crippen molar-refractivity contribution in [1.29, 1.82) is 0 Å². The molecule has 3 rings (SSSR count). The third-order valence-corrected chi connectivity index (χ3v) is 4.43. The van der Waals surface area contributed by atoms with Gasteiger partial charge in [-0.25, -0.2) is 15.0 Å². The Bertz CT molecular complexity index is 812. The summed E-state index contributed by atoms with van der Waals surface area (Å²) < 4.78 is 12.6. The summed E-state index contributed by atoms with van der Waals surface area (Å²) in [6.07, 6.45) is -1.12. The molecular formula is C16H24N6O5. The Morgan fingerprint density at radius 1 is 1.41 bits per heavy atom. The third-order valence-electron chi connectivity index (χ3n) is 4.43. The van der Waals surface area contributed by atoms with Crippen LogP contribution in [0.15, 0.2) is 12.7 Å². The molecule has 0 radical (unpaired) electrons. The summed E-state index contributed by atoms with van der Waals surface area (Å²) >= 11 is 0. The van der Waals surface area contributed by atoms with Crippen molar-refractivity contribution >= 4 is 23.0 Å². The van der Waals surface area contributed by atoms with Crippen LogP contribution in [0.3, 0.4) is 0 Å². The fourth-order valence-corrected chi connectivity index (χ4v) is 3.10. The number of imidazole rings is 1. The van der Waals surface area contributed by atoms with Crippen molar-refractivity contribution in [3.05, 3.63) is 12.7 Å². The van der Waals surface area contributed by atoms with Gasteiger partial charge >= 0.3 is 5.97 Å². The van der Waals surface area contributed by atoms with Crippen LogP contribution < -0.4 is 11.5 Å². The van der Waals surface area contributed by atoms with Crippen LogP contribution in [0.5, 0.6) is 0 Å². The van der Waals surface area contributed by atoms with E-state index in [0.717, 1.165) is 0 Å². The Kier molecular flexibility index (Phi) is 5.56. The fraction of sp³-hybridized carbons (Fsp3) is 0.625. The molecule has 0 saturated carbocycles. The van der Waals surface area contributed by atoms with Crippen molar-refractivity contribution in [1.82, 2.24) is 19.5 Å². The molecule has 1 aliphatic rings. The van der Waals surface area contributed by atoms with Crippen molar-refractivity contribution < 1.29 is 24.5 Å². The Balaban J connectivity index is 1.89. The van der Waals surface area contributed by atoms with Gasteiger partial charge < -0.3 is 31.2 Å². The van der Waals surface area contributed by atoms with E-state index in [1.54, 1.807) is 0 Å². The lowest BCUT2D eigenvalue weighted by Crippen LogP contribution is -2.42. The second-order valence-electron chi connectivity index (χ2n) is 6.96. The molecule has 1 aliphatic heterocycles. The molecular weight excluding hydrogens is 356 g/mol. The van der Waals surface area contributed by atoms with E-state index >= 15 is 0 Å². The minimum Gasteiger partial charge on any atom is -0.453 e. The molecule has 148 valence electrons. The molecule has 3 heterocycles. The molecule has 6 N–H and O–H groups in total. The molecule has 11 heteroatoms.